The molecule has 1 aliphatic rings. The average molecular weight is 257 g/mol. The first-order valence-corrected chi connectivity index (χ1v) is 6.74. The summed E-state index contributed by atoms with van der Waals surface area (Å²) in [5.74, 6) is 0.566. The summed E-state index contributed by atoms with van der Waals surface area (Å²) < 4.78 is 5.58. The van der Waals surface area contributed by atoms with Gasteiger partial charge in [-0.15, -0.1) is 0 Å². The molecule has 0 radical (unpaired) electrons. The zero-order valence-corrected chi connectivity index (χ0v) is 11.1. The molecule has 1 saturated heterocycles. The van der Waals surface area contributed by atoms with Crippen molar-refractivity contribution in [3.63, 3.8) is 0 Å². The second kappa shape index (κ2) is 5.05. The molecule has 0 amide bonds. The third kappa shape index (κ3) is 2.36. The Kier molecular flexibility index (Phi) is 3.25. The number of fused-ring (bicyclic) bond motifs is 1. The van der Waals surface area contributed by atoms with Crippen LogP contribution in [0.1, 0.15) is 13.3 Å². The maximum Gasteiger partial charge on any atom is 0.0953 e. The number of nitrogens with one attached hydrogen (secondary N) is 1. The van der Waals surface area contributed by atoms with Crippen molar-refractivity contribution in [1.29, 1.82) is 0 Å². The molecule has 19 heavy (non-hydrogen) atoms. The Morgan fingerprint density at radius 2 is 2.32 bits per heavy atom. The highest BCUT2D eigenvalue weighted by Crippen LogP contribution is 2.27. The van der Waals surface area contributed by atoms with Crippen LogP contribution in [0.5, 0.6) is 0 Å². The van der Waals surface area contributed by atoms with Gasteiger partial charge in [-0.05, 0) is 37.6 Å². The summed E-state index contributed by atoms with van der Waals surface area (Å²) in [5, 5.41) is 4.49. The van der Waals surface area contributed by atoms with Gasteiger partial charge in [0.05, 0.1) is 17.3 Å². The van der Waals surface area contributed by atoms with Gasteiger partial charge < -0.3 is 15.8 Å². The van der Waals surface area contributed by atoms with Crippen molar-refractivity contribution in [1.82, 2.24) is 4.98 Å². The molecule has 2 aromatic rings. The molecule has 4 heteroatoms. The van der Waals surface area contributed by atoms with Crippen molar-refractivity contribution in [3.8, 4) is 0 Å². The van der Waals surface area contributed by atoms with Crippen molar-refractivity contribution in [2.45, 2.75) is 19.4 Å². The lowest BCUT2D eigenvalue weighted by atomic mass is 10.0. The number of anilines is 2. The summed E-state index contributed by atoms with van der Waals surface area (Å²) in [4.78, 5) is 4.43. The van der Waals surface area contributed by atoms with E-state index < -0.39 is 0 Å². The molecule has 1 aromatic carbocycles. The van der Waals surface area contributed by atoms with Gasteiger partial charge in [0.2, 0.25) is 0 Å². The van der Waals surface area contributed by atoms with Gasteiger partial charge in [0, 0.05) is 36.3 Å². The summed E-state index contributed by atoms with van der Waals surface area (Å²) in [6.07, 6.45) is 3.25. The minimum Gasteiger partial charge on any atom is -0.398 e. The van der Waals surface area contributed by atoms with E-state index >= 15 is 0 Å². The van der Waals surface area contributed by atoms with Crippen molar-refractivity contribution in [2.24, 2.45) is 5.92 Å². The van der Waals surface area contributed by atoms with Gasteiger partial charge in [-0.3, -0.25) is 4.98 Å². The van der Waals surface area contributed by atoms with Crippen LogP contribution < -0.4 is 11.1 Å². The molecule has 0 bridgehead atoms. The highest BCUT2D eigenvalue weighted by atomic mass is 16.5. The van der Waals surface area contributed by atoms with Crippen LogP contribution in [0.4, 0.5) is 11.4 Å². The lowest BCUT2D eigenvalue weighted by Gasteiger charge is -2.16. The number of aromatic nitrogens is 1. The molecule has 0 aliphatic carbocycles. The Morgan fingerprint density at radius 3 is 3.11 bits per heavy atom. The van der Waals surface area contributed by atoms with Crippen LogP contribution in [0.2, 0.25) is 0 Å². The minimum atomic E-state index is 0.334. The molecular weight excluding hydrogens is 238 g/mol. The number of rotatable bonds is 3. The molecule has 2 unspecified atom stereocenters. The number of ether oxygens (including phenoxy) is 1. The third-order valence-corrected chi connectivity index (χ3v) is 3.89. The maximum atomic E-state index is 5.98. The monoisotopic (exact) mass is 257 g/mol. The third-order valence-electron chi connectivity index (χ3n) is 3.89. The summed E-state index contributed by atoms with van der Waals surface area (Å²) in [6.45, 7) is 3.92. The van der Waals surface area contributed by atoms with Crippen LogP contribution in [0.3, 0.4) is 0 Å². The van der Waals surface area contributed by atoms with Crippen LogP contribution in [0, 0.1) is 5.92 Å². The standard InChI is InChI=1S/C15H19N3O/c1-10-11(6-8-19-10)9-18-14-5-4-13(16)12-3-2-7-17-15(12)14/h2-5,7,10-11,18H,6,8-9,16H2,1H3. The van der Waals surface area contributed by atoms with E-state index in [-0.39, 0.29) is 0 Å². The number of hydrogen-bond donors (Lipinski definition) is 2. The number of nitrogens with zero attached hydrogens (tertiary/aromatic N) is 1. The zero-order chi connectivity index (χ0) is 13.2. The van der Waals surface area contributed by atoms with E-state index in [9.17, 15) is 0 Å². The second-order valence-electron chi connectivity index (χ2n) is 5.11. The molecule has 3 N–H and O–H groups in total. The number of benzene rings is 1. The molecule has 4 nitrogen and oxygen atoms in total. The first-order chi connectivity index (χ1) is 9.25. The molecule has 0 spiro atoms. The van der Waals surface area contributed by atoms with Crippen LogP contribution in [-0.4, -0.2) is 24.2 Å². The van der Waals surface area contributed by atoms with Gasteiger partial charge in [0.15, 0.2) is 0 Å². The first-order valence-electron chi connectivity index (χ1n) is 6.74. The van der Waals surface area contributed by atoms with E-state index in [1.54, 1.807) is 6.20 Å². The Bertz CT molecular complexity index is 585. The Labute approximate surface area is 113 Å². The summed E-state index contributed by atoms with van der Waals surface area (Å²) in [7, 11) is 0. The fourth-order valence-electron chi connectivity index (χ4n) is 2.62. The van der Waals surface area contributed by atoms with E-state index in [4.69, 9.17) is 10.5 Å². The van der Waals surface area contributed by atoms with Crippen LogP contribution >= 0.6 is 0 Å². The van der Waals surface area contributed by atoms with Crippen LogP contribution in [-0.2, 0) is 4.74 Å². The summed E-state index contributed by atoms with van der Waals surface area (Å²) >= 11 is 0. The van der Waals surface area contributed by atoms with Crippen molar-refractivity contribution in [2.75, 3.05) is 24.2 Å². The lowest BCUT2D eigenvalue weighted by molar-refractivity contribution is 0.108. The van der Waals surface area contributed by atoms with Gasteiger partial charge in [0.1, 0.15) is 0 Å². The summed E-state index contributed by atoms with van der Waals surface area (Å²) in [6, 6.07) is 7.85. The molecule has 2 heterocycles. The predicted molar refractivity (Wildman–Crippen MR) is 78.2 cm³/mol. The largest absolute Gasteiger partial charge is 0.398 e. The van der Waals surface area contributed by atoms with E-state index in [1.807, 2.05) is 24.3 Å². The van der Waals surface area contributed by atoms with Crippen molar-refractivity contribution < 1.29 is 4.74 Å². The SMILES string of the molecule is CC1OCCC1CNc1ccc(N)c2cccnc12. The predicted octanol–water partition coefficient (Wildman–Crippen LogP) is 2.65. The van der Waals surface area contributed by atoms with Gasteiger partial charge in [-0.2, -0.15) is 0 Å². The lowest BCUT2D eigenvalue weighted by Crippen LogP contribution is -2.20. The van der Waals surface area contributed by atoms with E-state index in [0.717, 1.165) is 41.9 Å². The van der Waals surface area contributed by atoms with Crippen molar-refractivity contribution >= 4 is 22.3 Å². The topological polar surface area (TPSA) is 60.2 Å². The number of hydrogen-bond acceptors (Lipinski definition) is 4. The molecule has 1 aromatic heterocycles. The summed E-state index contributed by atoms with van der Waals surface area (Å²) in [5.41, 5.74) is 8.73. The molecular formula is C15H19N3O. The fraction of sp³-hybridized carbons (Fsp3) is 0.400. The Hall–Kier alpha value is -1.81. The molecule has 1 aliphatic heterocycles. The minimum absolute atomic E-state index is 0.334. The van der Waals surface area contributed by atoms with Gasteiger partial charge in [-0.1, -0.05) is 0 Å². The van der Waals surface area contributed by atoms with Crippen LogP contribution in [0.15, 0.2) is 30.5 Å². The zero-order valence-electron chi connectivity index (χ0n) is 11.1. The average Bonchev–Trinajstić information content (AvgIpc) is 2.84. The quantitative estimate of drug-likeness (QED) is 0.830. The second-order valence-corrected chi connectivity index (χ2v) is 5.11. The van der Waals surface area contributed by atoms with Gasteiger partial charge in [0.25, 0.3) is 0 Å². The fourth-order valence-corrected chi connectivity index (χ4v) is 2.62. The molecule has 100 valence electrons. The Balaban J connectivity index is 1.83. The molecule has 3 rings (SSSR count). The van der Waals surface area contributed by atoms with Gasteiger partial charge in [-0.25, -0.2) is 0 Å². The Morgan fingerprint density at radius 1 is 1.42 bits per heavy atom. The van der Waals surface area contributed by atoms with Gasteiger partial charge >= 0.3 is 0 Å². The molecule has 1 fully saturated rings. The highest BCUT2D eigenvalue weighted by molar-refractivity contribution is 5.98. The first kappa shape index (κ1) is 12.2. The maximum absolute atomic E-state index is 5.98. The van der Waals surface area contributed by atoms with E-state index in [0.29, 0.717) is 12.0 Å². The molecule has 0 saturated carbocycles. The van der Waals surface area contributed by atoms with Crippen molar-refractivity contribution in [3.05, 3.63) is 30.5 Å². The molecule has 2 atom stereocenters. The van der Waals surface area contributed by atoms with E-state index in [2.05, 4.69) is 17.2 Å². The normalized spacial score (nSPS) is 22.8. The highest BCUT2D eigenvalue weighted by Gasteiger charge is 2.23. The smallest absolute Gasteiger partial charge is 0.0953 e. The number of pyridine rings is 1. The van der Waals surface area contributed by atoms with E-state index in [1.165, 1.54) is 0 Å². The van der Waals surface area contributed by atoms with Crippen LogP contribution in [0.25, 0.3) is 10.9 Å². The number of nitrogen functional groups attached to an aromatic ring is 1. The number of nitrogens with two attached hydrogens (primary N) is 1.